The maximum absolute atomic E-state index is 14.9. The van der Waals surface area contributed by atoms with Gasteiger partial charge in [0.1, 0.15) is 11.6 Å². The zero-order chi connectivity index (χ0) is 19.6. The first kappa shape index (κ1) is 19.6. The van der Waals surface area contributed by atoms with Crippen molar-refractivity contribution in [1.82, 2.24) is 0 Å². The molecule has 142 valence electrons. The highest BCUT2D eigenvalue weighted by Crippen LogP contribution is 2.46. The molecule has 4 rings (SSSR count). The second kappa shape index (κ2) is 8.28. The maximum Gasteiger partial charge on any atom is 0.172 e. The summed E-state index contributed by atoms with van der Waals surface area (Å²) in [4.78, 5) is 0.586. The normalized spacial score (nSPS) is 13.0. The second-order valence-corrected chi connectivity index (χ2v) is 7.13. The molecular weight excluding hydrogens is 390 g/mol. The molecule has 0 radical (unpaired) electrons. The van der Waals surface area contributed by atoms with Crippen LogP contribution in [0.2, 0.25) is 0 Å². The summed E-state index contributed by atoms with van der Waals surface area (Å²) in [6.07, 6.45) is 4.20. The molecule has 0 unspecified atom stereocenters. The second-order valence-electron chi connectivity index (χ2n) is 6.07. The molecule has 0 aliphatic heterocycles. The van der Waals surface area contributed by atoms with Gasteiger partial charge in [0.2, 0.25) is 0 Å². The van der Waals surface area contributed by atoms with Crippen molar-refractivity contribution in [2.45, 2.75) is 19.3 Å². The highest BCUT2D eigenvalue weighted by Gasteiger charge is 2.24. The number of ether oxygens (including phenoxy) is 1. The third-order valence-electron chi connectivity index (χ3n) is 4.61. The van der Waals surface area contributed by atoms with E-state index in [2.05, 4.69) is 11.6 Å². The predicted molar refractivity (Wildman–Crippen MR) is 109 cm³/mol. The fourth-order valence-electron chi connectivity index (χ4n) is 3.12. The Labute approximate surface area is 165 Å². The maximum atomic E-state index is 14.9. The molecular formula is C21H19ClF2O2S. The summed E-state index contributed by atoms with van der Waals surface area (Å²) in [6, 6.07) is 9.33. The Morgan fingerprint density at radius 3 is 2.52 bits per heavy atom. The van der Waals surface area contributed by atoms with Crippen molar-refractivity contribution in [3.05, 3.63) is 58.5 Å². The molecule has 1 fully saturated rings. The van der Waals surface area contributed by atoms with Gasteiger partial charge in [-0.05, 0) is 49.1 Å². The Balaban J connectivity index is 0.00000102. The lowest BCUT2D eigenvalue weighted by atomic mass is 9.89. The lowest BCUT2D eigenvalue weighted by Crippen LogP contribution is -2.01. The third kappa shape index (κ3) is 3.54. The molecule has 0 atom stereocenters. The van der Waals surface area contributed by atoms with Crippen molar-refractivity contribution in [1.29, 1.82) is 0 Å². The summed E-state index contributed by atoms with van der Waals surface area (Å²) in [6.45, 7) is 0. The Bertz CT molecular complexity index is 1000. The van der Waals surface area contributed by atoms with Gasteiger partial charge in [0.25, 0.3) is 0 Å². The molecule has 1 aromatic heterocycles. The first-order valence-electron chi connectivity index (χ1n) is 8.44. The summed E-state index contributed by atoms with van der Waals surface area (Å²) in [5, 5.41) is 11.4. The fraction of sp³-hybridized carbons (Fsp3) is 0.238. The van der Waals surface area contributed by atoms with Crippen LogP contribution >= 0.6 is 22.9 Å². The average Bonchev–Trinajstić information content (AvgIpc) is 3.00. The standard InChI is InChI=1S/C20H16F2O2S.CH3Cl/c1-24-15-7-3-6-14(18(15)22)17-13-9-8-12(21)10-16(13)25-20(17)19(23)11-4-2-5-11;1-2/h3,6-10,23H,2,4-5H2,1H3;1H3. The van der Waals surface area contributed by atoms with Crippen LogP contribution in [-0.4, -0.2) is 18.6 Å². The molecule has 1 aliphatic rings. The lowest BCUT2D eigenvalue weighted by molar-refractivity contribution is 0.387. The SMILES string of the molecule is CCl.COc1cccc(-c2c(C(O)=C3CCC3)sc3cc(F)ccc23)c1F. The van der Waals surface area contributed by atoms with Crippen molar-refractivity contribution >= 4 is 38.8 Å². The summed E-state index contributed by atoms with van der Waals surface area (Å²) in [5.74, 6) is -0.499. The van der Waals surface area contributed by atoms with Crippen LogP contribution in [0.1, 0.15) is 24.1 Å². The average molecular weight is 409 g/mol. The first-order chi connectivity index (χ1) is 13.1. The molecule has 6 heteroatoms. The number of fused-ring (bicyclic) bond motifs is 1. The molecule has 0 amide bonds. The molecule has 1 heterocycles. The highest BCUT2D eigenvalue weighted by molar-refractivity contribution is 7.20. The monoisotopic (exact) mass is 408 g/mol. The van der Waals surface area contributed by atoms with Gasteiger partial charge >= 0.3 is 0 Å². The first-order valence-corrected chi connectivity index (χ1v) is 10.0. The summed E-state index contributed by atoms with van der Waals surface area (Å²) >= 11 is 5.92. The summed E-state index contributed by atoms with van der Waals surface area (Å²) in [5.41, 5.74) is 1.91. The summed E-state index contributed by atoms with van der Waals surface area (Å²) in [7, 11) is 1.41. The molecule has 1 saturated carbocycles. The number of benzene rings is 2. The molecule has 3 aromatic rings. The Hall–Kier alpha value is -2.11. The Kier molecular flexibility index (Phi) is 6.02. The van der Waals surface area contributed by atoms with Crippen LogP contribution in [0.4, 0.5) is 8.78 Å². The van der Waals surface area contributed by atoms with Gasteiger partial charge in [-0.15, -0.1) is 22.9 Å². The number of aliphatic hydroxyl groups excluding tert-OH is 1. The van der Waals surface area contributed by atoms with Crippen molar-refractivity contribution in [3.63, 3.8) is 0 Å². The minimum Gasteiger partial charge on any atom is -0.506 e. The number of allylic oxidation sites excluding steroid dienone is 1. The smallest absolute Gasteiger partial charge is 0.172 e. The van der Waals surface area contributed by atoms with Gasteiger partial charge in [-0.2, -0.15) is 0 Å². The largest absolute Gasteiger partial charge is 0.506 e. The van der Waals surface area contributed by atoms with Gasteiger partial charge in [0.05, 0.1) is 12.0 Å². The van der Waals surface area contributed by atoms with E-state index in [4.69, 9.17) is 4.74 Å². The predicted octanol–water partition coefficient (Wildman–Crippen LogP) is 7.16. The van der Waals surface area contributed by atoms with E-state index in [1.807, 2.05) is 0 Å². The molecule has 27 heavy (non-hydrogen) atoms. The lowest BCUT2D eigenvalue weighted by Gasteiger charge is -2.18. The number of alkyl halides is 1. The van der Waals surface area contributed by atoms with Gasteiger partial charge in [0.15, 0.2) is 11.6 Å². The van der Waals surface area contributed by atoms with Gasteiger partial charge in [-0.3, -0.25) is 0 Å². The highest BCUT2D eigenvalue weighted by atomic mass is 35.5. The van der Waals surface area contributed by atoms with E-state index in [-0.39, 0.29) is 17.3 Å². The molecule has 2 nitrogen and oxygen atoms in total. The number of rotatable bonds is 3. The Morgan fingerprint density at radius 1 is 1.15 bits per heavy atom. The van der Waals surface area contributed by atoms with E-state index in [1.54, 1.807) is 24.3 Å². The molecule has 0 saturated heterocycles. The molecule has 0 bridgehead atoms. The van der Waals surface area contributed by atoms with Crippen LogP contribution in [0.25, 0.3) is 27.0 Å². The molecule has 2 aromatic carbocycles. The van der Waals surface area contributed by atoms with Crippen LogP contribution in [0, 0.1) is 11.6 Å². The quantitative estimate of drug-likeness (QED) is 0.368. The van der Waals surface area contributed by atoms with E-state index in [0.717, 1.165) is 30.2 Å². The van der Waals surface area contributed by atoms with E-state index in [9.17, 15) is 13.9 Å². The van der Waals surface area contributed by atoms with Gasteiger partial charge in [0, 0.05) is 27.6 Å². The van der Waals surface area contributed by atoms with E-state index in [1.165, 1.54) is 37.0 Å². The van der Waals surface area contributed by atoms with E-state index >= 15 is 0 Å². The van der Waals surface area contributed by atoms with Crippen LogP contribution in [0.5, 0.6) is 5.75 Å². The number of thiophene rings is 1. The number of hydrogen-bond acceptors (Lipinski definition) is 3. The number of methoxy groups -OCH3 is 1. The van der Waals surface area contributed by atoms with Crippen molar-refractivity contribution in [2.75, 3.05) is 13.5 Å². The minimum atomic E-state index is -0.485. The topological polar surface area (TPSA) is 29.5 Å². The number of aliphatic hydroxyl groups is 1. The number of halogens is 3. The third-order valence-corrected chi connectivity index (χ3v) is 5.77. The molecule has 0 spiro atoms. The van der Waals surface area contributed by atoms with Crippen molar-refractivity contribution < 1.29 is 18.6 Å². The Morgan fingerprint density at radius 2 is 1.89 bits per heavy atom. The van der Waals surface area contributed by atoms with Crippen LogP contribution < -0.4 is 4.74 Å². The summed E-state index contributed by atoms with van der Waals surface area (Å²) < 4.78 is 34.3. The zero-order valence-electron chi connectivity index (χ0n) is 15.0. The van der Waals surface area contributed by atoms with E-state index in [0.29, 0.717) is 20.7 Å². The minimum absolute atomic E-state index is 0.140. The van der Waals surface area contributed by atoms with Gasteiger partial charge in [-0.25, -0.2) is 8.78 Å². The zero-order valence-corrected chi connectivity index (χ0v) is 16.6. The molecule has 1 aliphatic carbocycles. The van der Waals surface area contributed by atoms with Crippen molar-refractivity contribution in [2.24, 2.45) is 0 Å². The van der Waals surface area contributed by atoms with Crippen LogP contribution in [0.15, 0.2) is 42.0 Å². The van der Waals surface area contributed by atoms with E-state index < -0.39 is 5.82 Å². The van der Waals surface area contributed by atoms with Gasteiger partial charge < -0.3 is 9.84 Å². The number of hydrogen-bond donors (Lipinski definition) is 1. The van der Waals surface area contributed by atoms with Crippen molar-refractivity contribution in [3.8, 4) is 16.9 Å². The van der Waals surface area contributed by atoms with Gasteiger partial charge in [-0.1, -0.05) is 12.1 Å². The van der Waals surface area contributed by atoms with Crippen LogP contribution in [0.3, 0.4) is 0 Å². The molecule has 1 N–H and O–H groups in total. The fourth-order valence-corrected chi connectivity index (χ4v) is 4.35. The van der Waals surface area contributed by atoms with Crippen LogP contribution in [-0.2, 0) is 0 Å².